The van der Waals surface area contributed by atoms with Gasteiger partial charge in [-0.3, -0.25) is 4.90 Å². The highest BCUT2D eigenvalue weighted by Crippen LogP contribution is 2.42. The number of aryl methyl sites for hydroxylation is 1. The van der Waals surface area contributed by atoms with Crippen LogP contribution >= 0.6 is 11.6 Å². The molecule has 2 fully saturated rings. The number of anilines is 1. The van der Waals surface area contributed by atoms with Gasteiger partial charge in [0.25, 0.3) is 0 Å². The molecule has 1 amide bonds. The highest BCUT2D eigenvalue weighted by atomic mass is 35.5. The summed E-state index contributed by atoms with van der Waals surface area (Å²) in [4.78, 5) is 39.7. The Balaban J connectivity index is 1.40. The number of piperidine rings is 1. The number of hydrogen-bond donors (Lipinski definition) is 1. The molecule has 0 spiro atoms. The molecule has 13 nitrogen and oxygen atoms in total. The average molecular weight is 769 g/mol. The maximum atomic E-state index is 16.8. The second kappa shape index (κ2) is 17.8. The van der Waals surface area contributed by atoms with E-state index < -0.39 is 23.6 Å². The minimum absolute atomic E-state index is 0.00941. The molecule has 2 saturated heterocycles. The van der Waals surface area contributed by atoms with Crippen molar-refractivity contribution in [2.45, 2.75) is 72.4 Å². The minimum Gasteiger partial charge on any atom is -0.508 e. The van der Waals surface area contributed by atoms with Gasteiger partial charge >= 0.3 is 18.1 Å². The number of phenols is 1. The fourth-order valence-corrected chi connectivity index (χ4v) is 7.15. The van der Waals surface area contributed by atoms with Crippen molar-refractivity contribution in [3.63, 3.8) is 0 Å². The Morgan fingerprint density at radius 3 is 2.54 bits per heavy atom. The molecule has 3 heterocycles. The number of piperazine rings is 1. The topological polar surface area (TPSA) is 151 Å². The first-order valence-corrected chi connectivity index (χ1v) is 18.8. The average Bonchev–Trinajstić information content (AvgIpc) is 3.10. The molecule has 292 valence electrons. The fraction of sp³-hybridized carbons (Fsp3) is 0.564. The monoisotopic (exact) mass is 768 g/mol. The number of phenolic OH excluding ortho intramolecular Hbond substituents is 1. The number of benzene rings is 2. The van der Waals surface area contributed by atoms with Gasteiger partial charge in [0.15, 0.2) is 5.82 Å². The molecule has 0 bridgehead atoms. The van der Waals surface area contributed by atoms with Crippen LogP contribution in [0.5, 0.6) is 11.8 Å². The molecular formula is C39H50ClFN6O7. The molecule has 2 aliphatic rings. The lowest BCUT2D eigenvalue weighted by atomic mass is 9.95. The van der Waals surface area contributed by atoms with Crippen LogP contribution in [0, 0.1) is 36.9 Å². The number of esters is 1. The maximum absolute atomic E-state index is 16.8. The van der Waals surface area contributed by atoms with E-state index in [9.17, 15) is 20.0 Å². The van der Waals surface area contributed by atoms with Crippen molar-refractivity contribution in [1.29, 1.82) is 5.26 Å². The third-order valence-electron chi connectivity index (χ3n) is 9.73. The van der Waals surface area contributed by atoms with Crippen molar-refractivity contribution >= 4 is 40.4 Å². The Kier molecular flexibility index (Phi) is 13.4. The van der Waals surface area contributed by atoms with Crippen molar-refractivity contribution in [2.24, 2.45) is 5.92 Å². The number of aromatic hydroxyl groups is 1. The van der Waals surface area contributed by atoms with Gasteiger partial charge in [-0.2, -0.15) is 15.2 Å². The summed E-state index contributed by atoms with van der Waals surface area (Å²) in [6.45, 7) is 14.8. The molecule has 0 aliphatic carbocycles. The molecule has 54 heavy (non-hydrogen) atoms. The van der Waals surface area contributed by atoms with Crippen LogP contribution in [0.3, 0.4) is 0 Å². The highest BCUT2D eigenvalue weighted by molar-refractivity contribution is 6.34. The van der Waals surface area contributed by atoms with Crippen LogP contribution in [-0.2, 0) is 19.0 Å². The van der Waals surface area contributed by atoms with Gasteiger partial charge in [-0.05, 0) is 108 Å². The van der Waals surface area contributed by atoms with Gasteiger partial charge in [0.05, 0.1) is 36.8 Å². The zero-order valence-electron chi connectivity index (χ0n) is 31.9. The largest absolute Gasteiger partial charge is 0.508 e. The maximum Gasteiger partial charge on any atom is 0.410 e. The number of ether oxygens (including phenoxy) is 4. The van der Waals surface area contributed by atoms with Gasteiger partial charge in [0.2, 0.25) is 0 Å². The SMILES string of the molecule is CCOC(=O)COCC1CCN(CCOc2nc(N3CCN(C(=O)OC(C)(C)C)[C@@H](CC#N)C3)c3cc(Cl)c(-c4cc(O)cc(C)c4C)c(F)c3n2)CC1. The Hall–Kier alpha value is -4.45. The van der Waals surface area contributed by atoms with E-state index in [0.717, 1.165) is 37.1 Å². The molecule has 0 radical (unpaired) electrons. The zero-order valence-corrected chi connectivity index (χ0v) is 32.7. The Labute approximate surface area is 320 Å². The van der Waals surface area contributed by atoms with Crippen molar-refractivity contribution in [1.82, 2.24) is 19.8 Å². The van der Waals surface area contributed by atoms with E-state index in [-0.39, 0.29) is 66.6 Å². The first-order valence-electron chi connectivity index (χ1n) is 18.4. The van der Waals surface area contributed by atoms with E-state index >= 15 is 4.39 Å². The molecular weight excluding hydrogens is 719 g/mol. The lowest BCUT2D eigenvalue weighted by Gasteiger charge is -2.41. The van der Waals surface area contributed by atoms with E-state index in [4.69, 9.17) is 35.5 Å². The van der Waals surface area contributed by atoms with E-state index in [1.807, 2.05) is 18.7 Å². The number of halogens is 2. The molecule has 0 saturated carbocycles. The summed E-state index contributed by atoms with van der Waals surface area (Å²) < 4.78 is 39.1. The van der Waals surface area contributed by atoms with Crippen molar-refractivity contribution in [2.75, 3.05) is 70.6 Å². The number of likely N-dealkylation sites (tertiary alicyclic amines) is 1. The number of amides is 1. The van der Waals surface area contributed by atoms with Crippen LogP contribution < -0.4 is 9.64 Å². The van der Waals surface area contributed by atoms with Gasteiger partial charge in [-0.1, -0.05) is 11.6 Å². The van der Waals surface area contributed by atoms with E-state index in [2.05, 4.69) is 16.0 Å². The number of nitrogens with zero attached hydrogens (tertiary/aromatic N) is 6. The molecule has 15 heteroatoms. The molecule has 1 aromatic heterocycles. The van der Waals surface area contributed by atoms with E-state index in [1.165, 1.54) is 6.07 Å². The molecule has 5 rings (SSSR count). The number of aromatic nitrogens is 2. The Morgan fingerprint density at radius 2 is 1.85 bits per heavy atom. The summed E-state index contributed by atoms with van der Waals surface area (Å²) in [7, 11) is 0. The minimum atomic E-state index is -0.714. The Morgan fingerprint density at radius 1 is 1.11 bits per heavy atom. The molecule has 3 aromatic rings. The van der Waals surface area contributed by atoms with Gasteiger partial charge < -0.3 is 33.9 Å². The number of hydrogen-bond acceptors (Lipinski definition) is 12. The molecule has 2 aliphatic heterocycles. The summed E-state index contributed by atoms with van der Waals surface area (Å²) in [5, 5.41) is 20.6. The van der Waals surface area contributed by atoms with Crippen LogP contribution in [0.1, 0.15) is 58.1 Å². The van der Waals surface area contributed by atoms with Gasteiger partial charge in [0.1, 0.15) is 35.9 Å². The second-order valence-electron chi connectivity index (χ2n) is 14.8. The van der Waals surface area contributed by atoms with Crippen LogP contribution in [-0.4, -0.2) is 114 Å². The normalized spacial score (nSPS) is 17.1. The van der Waals surface area contributed by atoms with Crippen molar-refractivity contribution < 1.29 is 38.0 Å². The fourth-order valence-electron chi connectivity index (χ4n) is 6.86. The number of fused-ring (bicyclic) bond motifs is 1. The number of carbonyl (C=O) groups excluding carboxylic acids is 2. The standard InChI is InChI=1S/C39H50ClFN6O7/c1-7-52-32(49)23-51-22-26-9-12-45(13-10-26)16-17-53-37-43-35-30(20-31(40)33(34(35)41)29-19-28(48)18-24(2)25(29)3)36(44-37)46-14-15-47(27(21-46)8-11-42)38(50)54-39(4,5)6/h18-20,26-27,48H,7-10,12-17,21-23H2,1-6H3/t27-/m0/s1. The molecule has 0 unspecified atom stereocenters. The quantitative estimate of drug-likeness (QED) is 0.203. The predicted molar refractivity (Wildman–Crippen MR) is 202 cm³/mol. The van der Waals surface area contributed by atoms with Crippen molar-refractivity contribution in [3.8, 4) is 29.0 Å². The van der Waals surface area contributed by atoms with Gasteiger partial charge in [-0.15, -0.1) is 0 Å². The summed E-state index contributed by atoms with van der Waals surface area (Å²) in [6.07, 6.45) is 1.34. The first kappa shape index (κ1) is 40.7. The Bertz CT molecular complexity index is 1880. The van der Waals surface area contributed by atoms with E-state index in [0.29, 0.717) is 49.0 Å². The summed E-state index contributed by atoms with van der Waals surface area (Å²) >= 11 is 6.84. The smallest absolute Gasteiger partial charge is 0.410 e. The van der Waals surface area contributed by atoms with Crippen LogP contribution in [0.25, 0.3) is 22.0 Å². The summed E-state index contributed by atoms with van der Waals surface area (Å²) in [5.41, 5.74) is 1.34. The van der Waals surface area contributed by atoms with E-state index in [1.54, 1.807) is 44.7 Å². The highest BCUT2D eigenvalue weighted by Gasteiger charge is 2.35. The number of carbonyl (C=O) groups is 2. The summed E-state index contributed by atoms with van der Waals surface area (Å²) in [6, 6.07) is 6.34. The third-order valence-corrected chi connectivity index (χ3v) is 10.0. The summed E-state index contributed by atoms with van der Waals surface area (Å²) in [5.74, 6) is -0.365. The molecule has 2 aromatic carbocycles. The molecule has 1 atom stereocenters. The number of nitriles is 1. The van der Waals surface area contributed by atoms with Crippen LogP contribution in [0.2, 0.25) is 5.02 Å². The van der Waals surface area contributed by atoms with Crippen LogP contribution in [0.15, 0.2) is 18.2 Å². The zero-order chi connectivity index (χ0) is 39.2. The van der Waals surface area contributed by atoms with Gasteiger partial charge in [0, 0.05) is 37.1 Å². The lowest BCUT2D eigenvalue weighted by molar-refractivity contribution is -0.149. The molecule has 1 N–H and O–H groups in total. The third kappa shape index (κ3) is 9.99. The lowest BCUT2D eigenvalue weighted by Crippen LogP contribution is -2.56. The van der Waals surface area contributed by atoms with Gasteiger partial charge in [-0.25, -0.2) is 14.0 Å². The van der Waals surface area contributed by atoms with Crippen LogP contribution in [0.4, 0.5) is 15.0 Å². The van der Waals surface area contributed by atoms with Crippen molar-refractivity contribution in [3.05, 3.63) is 40.2 Å². The first-order chi connectivity index (χ1) is 25.7. The second-order valence-corrected chi connectivity index (χ2v) is 15.2. The number of rotatable bonds is 12. The predicted octanol–water partition coefficient (Wildman–Crippen LogP) is 6.42.